The summed E-state index contributed by atoms with van der Waals surface area (Å²) < 4.78 is 12.8. The number of aliphatic hydroxyl groups excluding tert-OH is 1. The highest BCUT2D eigenvalue weighted by Crippen LogP contribution is 2.24. The number of nitrogens with two attached hydrogens (primary N) is 1. The first-order valence-corrected chi connectivity index (χ1v) is 4.06. The minimum absolute atomic E-state index is 0.112. The molecule has 0 saturated carbocycles. The largest absolute Gasteiger partial charge is 0.394 e. The summed E-state index contributed by atoms with van der Waals surface area (Å²) >= 11 is 5.69. The average molecular weight is 205 g/mol. The van der Waals surface area contributed by atoms with Crippen LogP contribution in [0.15, 0.2) is 12.3 Å². The number of aromatic nitrogens is 1. The molecule has 0 saturated heterocycles. The first-order valence-electron chi connectivity index (χ1n) is 3.68. The van der Waals surface area contributed by atoms with Crippen molar-refractivity contribution in [3.63, 3.8) is 0 Å². The molecular formula is C8H10ClFN2O. The van der Waals surface area contributed by atoms with Gasteiger partial charge in [0, 0.05) is 5.56 Å². The monoisotopic (exact) mass is 204 g/mol. The highest BCUT2D eigenvalue weighted by Gasteiger charge is 2.24. The summed E-state index contributed by atoms with van der Waals surface area (Å²) in [5.74, 6) is -0.524. The Labute approximate surface area is 80.3 Å². The van der Waals surface area contributed by atoms with Crippen molar-refractivity contribution >= 4 is 11.6 Å². The quantitative estimate of drug-likeness (QED) is 0.708. The van der Waals surface area contributed by atoms with Crippen LogP contribution in [0.25, 0.3) is 0 Å². The van der Waals surface area contributed by atoms with Crippen LogP contribution in [0.2, 0.25) is 5.15 Å². The zero-order valence-electron chi connectivity index (χ0n) is 7.09. The van der Waals surface area contributed by atoms with Gasteiger partial charge in [0.2, 0.25) is 0 Å². The Kier molecular flexibility index (Phi) is 2.85. The van der Waals surface area contributed by atoms with Gasteiger partial charge in [-0.05, 0) is 13.0 Å². The third-order valence-corrected chi connectivity index (χ3v) is 2.05. The van der Waals surface area contributed by atoms with E-state index in [-0.39, 0.29) is 11.8 Å². The van der Waals surface area contributed by atoms with Crippen LogP contribution in [0.1, 0.15) is 12.5 Å². The van der Waals surface area contributed by atoms with Gasteiger partial charge >= 0.3 is 0 Å². The molecule has 0 aliphatic heterocycles. The molecule has 3 nitrogen and oxygen atoms in total. The SMILES string of the molecule is CC(N)(CO)c1cc(F)cnc1Cl. The normalized spacial score (nSPS) is 15.5. The summed E-state index contributed by atoms with van der Waals surface area (Å²) in [7, 11) is 0. The van der Waals surface area contributed by atoms with Gasteiger partial charge in [0.15, 0.2) is 0 Å². The Morgan fingerprint density at radius 1 is 1.77 bits per heavy atom. The maximum atomic E-state index is 12.8. The summed E-state index contributed by atoms with van der Waals surface area (Å²) in [5.41, 5.74) is 4.91. The molecule has 0 aliphatic rings. The van der Waals surface area contributed by atoms with Gasteiger partial charge in [-0.3, -0.25) is 0 Å². The van der Waals surface area contributed by atoms with Crippen molar-refractivity contribution < 1.29 is 9.50 Å². The van der Waals surface area contributed by atoms with Crippen LogP contribution in [0.4, 0.5) is 4.39 Å². The van der Waals surface area contributed by atoms with Gasteiger partial charge in [-0.15, -0.1) is 0 Å². The van der Waals surface area contributed by atoms with Crippen molar-refractivity contribution in [3.05, 3.63) is 28.8 Å². The molecule has 5 heteroatoms. The van der Waals surface area contributed by atoms with Crippen molar-refractivity contribution in [1.29, 1.82) is 0 Å². The molecule has 0 aliphatic carbocycles. The number of pyridine rings is 1. The van der Waals surface area contributed by atoms with E-state index in [1.54, 1.807) is 6.92 Å². The number of hydrogen-bond acceptors (Lipinski definition) is 3. The van der Waals surface area contributed by atoms with E-state index in [2.05, 4.69) is 4.98 Å². The Balaban J connectivity index is 3.20. The zero-order chi connectivity index (χ0) is 10.1. The standard InChI is InChI=1S/C8H10ClFN2O/c1-8(11,4-13)6-2-5(10)3-12-7(6)9/h2-3,13H,4,11H2,1H3. The lowest BCUT2D eigenvalue weighted by atomic mass is 9.96. The molecule has 1 atom stereocenters. The van der Waals surface area contributed by atoms with E-state index in [0.29, 0.717) is 5.56 Å². The maximum absolute atomic E-state index is 12.8. The fraction of sp³-hybridized carbons (Fsp3) is 0.375. The average Bonchev–Trinajstić information content (AvgIpc) is 2.09. The number of rotatable bonds is 2. The Morgan fingerprint density at radius 2 is 2.38 bits per heavy atom. The van der Waals surface area contributed by atoms with Crippen LogP contribution >= 0.6 is 11.6 Å². The molecule has 1 rings (SSSR count). The summed E-state index contributed by atoms with van der Waals surface area (Å²) in [6.07, 6.45) is 0.999. The van der Waals surface area contributed by atoms with Crippen LogP contribution in [0.3, 0.4) is 0 Å². The summed E-state index contributed by atoms with van der Waals surface area (Å²) in [5, 5.41) is 9.04. The number of aliphatic hydroxyl groups is 1. The number of halogens is 2. The molecule has 3 N–H and O–H groups in total. The van der Waals surface area contributed by atoms with E-state index >= 15 is 0 Å². The predicted molar refractivity (Wildman–Crippen MR) is 47.8 cm³/mol. The van der Waals surface area contributed by atoms with Crippen LogP contribution in [-0.4, -0.2) is 16.7 Å². The first-order chi connectivity index (χ1) is 5.97. The minimum atomic E-state index is -1.06. The van der Waals surface area contributed by atoms with E-state index in [1.165, 1.54) is 6.07 Å². The highest BCUT2D eigenvalue weighted by atomic mass is 35.5. The molecular weight excluding hydrogens is 195 g/mol. The topological polar surface area (TPSA) is 59.1 Å². The summed E-state index contributed by atoms with van der Waals surface area (Å²) in [4.78, 5) is 3.59. The van der Waals surface area contributed by atoms with Gasteiger partial charge in [-0.1, -0.05) is 11.6 Å². The third kappa shape index (κ3) is 2.15. The van der Waals surface area contributed by atoms with Gasteiger partial charge < -0.3 is 10.8 Å². The van der Waals surface area contributed by atoms with Gasteiger partial charge in [-0.25, -0.2) is 9.37 Å². The Hall–Kier alpha value is -0.710. The first kappa shape index (κ1) is 10.4. The fourth-order valence-electron chi connectivity index (χ4n) is 0.908. The zero-order valence-corrected chi connectivity index (χ0v) is 7.85. The minimum Gasteiger partial charge on any atom is -0.394 e. The molecule has 1 aromatic heterocycles. The van der Waals surface area contributed by atoms with E-state index in [4.69, 9.17) is 22.4 Å². The van der Waals surface area contributed by atoms with Crippen molar-refractivity contribution in [2.24, 2.45) is 5.73 Å². The van der Waals surface area contributed by atoms with Crippen molar-refractivity contribution in [2.75, 3.05) is 6.61 Å². The Morgan fingerprint density at radius 3 is 2.92 bits per heavy atom. The molecule has 1 unspecified atom stereocenters. The van der Waals surface area contributed by atoms with Crippen molar-refractivity contribution in [3.8, 4) is 0 Å². The van der Waals surface area contributed by atoms with Gasteiger partial charge in [-0.2, -0.15) is 0 Å². The van der Waals surface area contributed by atoms with Crippen molar-refractivity contribution in [2.45, 2.75) is 12.5 Å². The van der Waals surface area contributed by atoms with Crippen LogP contribution in [0.5, 0.6) is 0 Å². The maximum Gasteiger partial charge on any atom is 0.141 e. The lowest BCUT2D eigenvalue weighted by molar-refractivity contribution is 0.209. The van der Waals surface area contributed by atoms with E-state index in [9.17, 15) is 4.39 Å². The molecule has 1 aromatic rings. The predicted octanol–water partition coefficient (Wildman–Crippen LogP) is 1.04. The molecule has 0 spiro atoms. The third-order valence-electron chi connectivity index (χ3n) is 1.75. The van der Waals surface area contributed by atoms with Crippen LogP contribution in [-0.2, 0) is 5.54 Å². The van der Waals surface area contributed by atoms with Gasteiger partial charge in [0.05, 0.1) is 18.3 Å². The Bertz CT molecular complexity index is 317. The van der Waals surface area contributed by atoms with Crippen LogP contribution in [0, 0.1) is 5.82 Å². The summed E-state index contributed by atoms with van der Waals surface area (Å²) in [6, 6.07) is 1.17. The molecule has 13 heavy (non-hydrogen) atoms. The van der Waals surface area contributed by atoms with Gasteiger partial charge in [0.25, 0.3) is 0 Å². The molecule has 0 radical (unpaired) electrons. The number of hydrogen-bond donors (Lipinski definition) is 2. The fourth-order valence-corrected chi connectivity index (χ4v) is 1.23. The van der Waals surface area contributed by atoms with E-state index in [1.807, 2.05) is 0 Å². The number of nitrogens with zero attached hydrogens (tertiary/aromatic N) is 1. The van der Waals surface area contributed by atoms with Crippen LogP contribution < -0.4 is 5.73 Å². The van der Waals surface area contributed by atoms with Gasteiger partial charge in [0.1, 0.15) is 11.0 Å². The molecule has 0 bridgehead atoms. The van der Waals surface area contributed by atoms with Crippen molar-refractivity contribution in [1.82, 2.24) is 4.98 Å². The molecule has 1 heterocycles. The second-order valence-corrected chi connectivity index (χ2v) is 3.43. The summed E-state index contributed by atoms with van der Waals surface area (Å²) in [6.45, 7) is 1.23. The lowest BCUT2D eigenvalue weighted by Gasteiger charge is -2.22. The van der Waals surface area contributed by atoms with E-state index in [0.717, 1.165) is 6.20 Å². The lowest BCUT2D eigenvalue weighted by Crippen LogP contribution is -2.37. The smallest absolute Gasteiger partial charge is 0.141 e. The molecule has 72 valence electrons. The molecule has 0 aromatic carbocycles. The highest BCUT2D eigenvalue weighted by molar-refractivity contribution is 6.30. The van der Waals surface area contributed by atoms with E-state index < -0.39 is 11.4 Å². The molecule has 0 fully saturated rings. The second-order valence-electron chi connectivity index (χ2n) is 3.07. The molecule has 0 amide bonds. The second kappa shape index (κ2) is 3.57.